The van der Waals surface area contributed by atoms with Crippen LogP contribution in [0, 0.1) is 0 Å². The Labute approximate surface area is 126 Å². The lowest BCUT2D eigenvalue weighted by Crippen LogP contribution is -2.19. The lowest BCUT2D eigenvalue weighted by Gasteiger charge is -2.11. The van der Waals surface area contributed by atoms with E-state index in [9.17, 15) is 0 Å². The summed E-state index contributed by atoms with van der Waals surface area (Å²) in [6, 6.07) is 8.40. The number of hydrogen-bond donors (Lipinski definition) is 2. The fraction of sp³-hybridized carbons (Fsp3) is 0.500. The van der Waals surface area contributed by atoms with Crippen molar-refractivity contribution in [2.45, 2.75) is 45.7 Å². The second kappa shape index (κ2) is 8.42. The summed E-state index contributed by atoms with van der Waals surface area (Å²) in [5, 5.41) is 10.1. The highest BCUT2D eigenvalue weighted by atomic mass is 16.5. The number of nitrogens with one attached hydrogen (secondary N) is 2. The fourth-order valence-corrected chi connectivity index (χ4v) is 2.04. The molecule has 0 aliphatic heterocycles. The van der Waals surface area contributed by atoms with Crippen LogP contribution in [-0.2, 0) is 6.54 Å². The molecule has 0 aliphatic rings. The second-order valence-electron chi connectivity index (χ2n) is 5.17. The van der Waals surface area contributed by atoms with E-state index >= 15 is 0 Å². The molecule has 2 aromatic rings. The lowest BCUT2D eigenvalue weighted by atomic mass is 10.2. The number of H-pyrrole nitrogens is 1. The normalized spacial score (nSPS) is 12.3. The predicted octanol–water partition coefficient (Wildman–Crippen LogP) is 3.22. The number of benzene rings is 1. The van der Waals surface area contributed by atoms with Crippen LogP contribution in [0.3, 0.4) is 0 Å². The summed E-state index contributed by atoms with van der Waals surface area (Å²) < 4.78 is 5.70. The van der Waals surface area contributed by atoms with E-state index in [1.165, 1.54) is 24.7 Å². The number of aromatic amines is 1. The molecule has 0 spiro atoms. The molecule has 0 bridgehead atoms. The van der Waals surface area contributed by atoms with Gasteiger partial charge in [0, 0.05) is 6.54 Å². The van der Waals surface area contributed by atoms with Crippen molar-refractivity contribution in [3.05, 3.63) is 42.0 Å². The molecule has 1 heterocycles. The van der Waals surface area contributed by atoms with Gasteiger partial charge >= 0.3 is 0 Å². The topological polar surface area (TPSA) is 62.8 Å². The van der Waals surface area contributed by atoms with Gasteiger partial charge in [-0.25, -0.2) is 4.98 Å². The number of aromatic nitrogens is 3. The molecule has 0 saturated heterocycles. The van der Waals surface area contributed by atoms with E-state index in [1.807, 2.05) is 12.1 Å². The first-order valence-electron chi connectivity index (χ1n) is 7.60. The Morgan fingerprint density at radius 2 is 2.05 bits per heavy atom. The second-order valence-corrected chi connectivity index (χ2v) is 5.17. The van der Waals surface area contributed by atoms with Gasteiger partial charge in [0.2, 0.25) is 0 Å². The van der Waals surface area contributed by atoms with Crippen LogP contribution in [-0.4, -0.2) is 21.8 Å². The van der Waals surface area contributed by atoms with Crippen LogP contribution in [0.2, 0.25) is 0 Å². The zero-order valence-electron chi connectivity index (χ0n) is 12.8. The van der Waals surface area contributed by atoms with Crippen molar-refractivity contribution in [3.8, 4) is 5.75 Å². The van der Waals surface area contributed by atoms with Gasteiger partial charge in [0.25, 0.3) is 0 Å². The Morgan fingerprint density at radius 3 is 2.71 bits per heavy atom. The third-order valence-electron chi connectivity index (χ3n) is 3.40. The Hall–Kier alpha value is -1.88. The Balaban J connectivity index is 1.74. The molecule has 5 nitrogen and oxygen atoms in total. The van der Waals surface area contributed by atoms with E-state index in [2.05, 4.69) is 46.5 Å². The van der Waals surface area contributed by atoms with Crippen molar-refractivity contribution in [1.29, 1.82) is 0 Å². The summed E-state index contributed by atoms with van der Waals surface area (Å²) >= 11 is 0. The monoisotopic (exact) mass is 288 g/mol. The average molecular weight is 288 g/mol. The summed E-state index contributed by atoms with van der Waals surface area (Å²) in [4.78, 5) is 4.14. The van der Waals surface area contributed by atoms with Gasteiger partial charge in [-0.3, -0.25) is 5.10 Å². The van der Waals surface area contributed by atoms with E-state index in [0.717, 1.165) is 31.1 Å². The van der Waals surface area contributed by atoms with E-state index in [0.29, 0.717) is 0 Å². The van der Waals surface area contributed by atoms with Crippen molar-refractivity contribution in [3.63, 3.8) is 0 Å². The van der Waals surface area contributed by atoms with Crippen LogP contribution in [0.15, 0.2) is 30.6 Å². The maximum atomic E-state index is 5.70. The zero-order chi connectivity index (χ0) is 14.9. The smallest absolute Gasteiger partial charge is 0.141 e. The van der Waals surface area contributed by atoms with Gasteiger partial charge in [0.15, 0.2) is 0 Å². The quantitative estimate of drug-likeness (QED) is 0.695. The van der Waals surface area contributed by atoms with Crippen LogP contribution in [0.25, 0.3) is 0 Å². The highest BCUT2D eigenvalue weighted by molar-refractivity contribution is 5.27. The summed E-state index contributed by atoms with van der Waals surface area (Å²) in [5.74, 6) is 1.80. The van der Waals surface area contributed by atoms with Crippen molar-refractivity contribution in [1.82, 2.24) is 20.5 Å². The zero-order valence-corrected chi connectivity index (χ0v) is 12.8. The number of hydrogen-bond acceptors (Lipinski definition) is 4. The number of unbranched alkanes of at least 4 members (excludes halogenated alkanes) is 2. The maximum Gasteiger partial charge on any atom is 0.141 e. The van der Waals surface area contributed by atoms with Crippen molar-refractivity contribution >= 4 is 0 Å². The number of rotatable bonds is 9. The molecule has 1 atom stereocenters. The van der Waals surface area contributed by atoms with E-state index in [4.69, 9.17) is 4.74 Å². The SMILES string of the molecule is CCCCCOc1ccc(CNC(C)c2ncn[nH]2)cc1. The van der Waals surface area contributed by atoms with Crippen molar-refractivity contribution in [2.24, 2.45) is 0 Å². The van der Waals surface area contributed by atoms with Crippen molar-refractivity contribution < 1.29 is 4.74 Å². The molecule has 0 aliphatic carbocycles. The third-order valence-corrected chi connectivity index (χ3v) is 3.40. The van der Waals surface area contributed by atoms with E-state index in [-0.39, 0.29) is 6.04 Å². The Kier molecular flexibility index (Phi) is 6.22. The van der Waals surface area contributed by atoms with Gasteiger partial charge in [0.1, 0.15) is 17.9 Å². The molecule has 0 fully saturated rings. The van der Waals surface area contributed by atoms with E-state index < -0.39 is 0 Å². The van der Waals surface area contributed by atoms with Crippen LogP contribution >= 0.6 is 0 Å². The molecule has 21 heavy (non-hydrogen) atoms. The average Bonchev–Trinajstić information content (AvgIpc) is 3.05. The molecule has 0 saturated carbocycles. The first-order chi connectivity index (χ1) is 10.3. The Morgan fingerprint density at radius 1 is 1.24 bits per heavy atom. The van der Waals surface area contributed by atoms with Gasteiger partial charge in [-0.2, -0.15) is 5.10 Å². The molecular weight excluding hydrogens is 264 g/mol. The minimum Gasteiger partial charge on any atom is -0.494 e. The number of ether oxygens (including phenoxy) is 1. The molecule has 2 N–H and O–H groups in total. The molecule has 0 amide bonds. The van der Waals surface area contributed by atoms with E-state index in [1.54, 1.807) is 0 Å². The highest BCUT2D eigenvalue weighted by Crippen LogP contribution is 2.14. The molecule has 1 aromatic heterocycles. The van der Waals surface area contributed by atoms with Gasteiger partial charge in [-0.1, -0.05) is 31.9 Å². The minimum absolute atomic E-state index is 0.150. The molecule has 0 radical (unpaired) electrons. The van der Waals surface area contributed by atoms with Gasteiger partial charge in [0.05, 0.1) is 12.6 Å². The van der Waals surface area contributed by atoms with Crippen LogP contribution in [0.1, 0.15) is 50.5 Å². The summed E-state index contributed by atoms with van der Waals surface area (Å²) in [5.41, 5.74) is 1.22. The minimum atomic E-state index is 0.150. The molecule has 1 aromatic carbocycles. The van der Waals surface area contributed by atoms with Gasteiger partial charge in [-0.05, 0) is 31.0 Å². The van der Waals surface area contributed by atoms with Crippen LogP contribution in [0.4, 0.5) is 0 Å². The largest absolute Gasteiger partial charge is 0.494 e. The summed E-state index contributed by atoms with van der Waals surface area (Å²) in [7, 11) is 0. The predicted molar refractivity (Wildman–Crippen MR) is 83.1 cm³/mol. The van der Waals surface area contributed by atoms with Crippen LogP contribution in [0.5, 0.6) is 5.75 Å². The third kappa shape index (κ3) is 5.19. The van der Waals surface area contributed by atoms with Crippen LogP contribution < -0.4 is 10.1 Å². The first kappa shape index (κ1) is 15.5. The molecule has 2 rings (SSSR count). The van der Waals surface area contributed by atoms with Crippen molar-refractivity contribution in [2.75, 3.05) is 6.61 Å². The Bertz CT molecular complexity index is 496. The highest BCUT2D eigenvalue weighted by Gasteiger charge is 2.07. The maximum absolute atomic E-state index is 5.70. The standard InChI is InChI=1S/C16H24N4O/c1-3-4-5-10-21-15-8-6-14(7-9-15)11-17-13(2)16-18-12-19-20-16/h6-9,12-13,17H,3-5,10-11H2,1-2H3,(H,18,19,20). The molecular formula is C16H24N4O. The fourth-order valence-electron chi connectivity index (χ4n) is 2.04. The summed E-state index contributed by atoms with van der Waals surface area (Å²) in [6.07, 6.45) is 5.09. The molecule has 114 valence electrons. The summed E-state index contributed by atoms with van der Waals surface area (Å²) in [6.45, 7) is 5.85. The lowest BCUT2D eigenvalue weighted by molar-refractivity contribution is 0.306. The first-order valence-corrected chi connectivity index (χ1v) is 7.60. The van der Waals surface area contributed by atoms with Gasteiger partial charge in [-0.15, -0.1) is 0 Å². The number of nitrogens with zero attached hydrogens (tertiary/aromatic N) is 2. The molecule has 1 unspecified atom stereocenters. The molecule has 5 heteroatoms. The van der Waals surface area contributed by atoms with Gasteiger partial charge < -0.3 is 10.1 Å².